The zero-order valence-corrected chi connectivity index (χ0v) is 8.24. The summed E-state index contributed by atoms with van der Waals surface area (Å²) in [6, 6.07) is 1.96. The van der Waals surface area contributed by atoms with Gasteiger partial charge in [-0.15, -0.1) is 0 Å². The Morgan fingerprint density at radius 3 is 2.62 bits per heavy atom. The molecule has 72 valence electrons. The molecule has 0 radical (unpaired) electrons. The zero-order chi connectivity index (χ0) is 10.0. The number of aromatic nitrogens is 1. The SMILES string of the molecule is CC(C)c1cc(CC(=O)O)cn1C. The summed E-state index contributed by atoms with van der Waals surface area (Å²) < 4.78 is 1.99. The maximum absolute atomic E-state index is 10.4. The summed E-state index contributed by atoms with van der Waals surface area (Å²) in [5, 5.41) is 8.60. The summed E-state index contributed by atoms with van der Waals surface area (Å²) >= 11 is 0. The van der Waals surface area contributed by atoms with Crippen LogP contribution < -0.4 is 0 Å². The highest BCUT2D eigenvalue weighted by molar-refractivity contribution is 5.70. The van der Waals surface area contributed by atoms with E-state index < -0.39 is 5.97 Å². The lowest BCUT2D eigenvalue weighted by atomic mass is 10.1. The van der Waals surface area contributed by atoms with Crippen molar-refractivity contribution < 1.29 is 9.90 Å². The topological polar surface area (TPSA) is 42.2 Å². The second kappa shape index (κ2) is 3.64. The van der Waals surface area contributed by atoms with Crippen LogP contribution in [0.15, 0.2) is 12.3 Å². The molecule has 1 N–H and O–H groups in total. The molecule has 0 aliphatic carbocycles. The lowest BCUT2D eigenvalue weighted by Crippen LogP contribution is -1.98. The van der Waals surface area contributed by atoms with Crippen LogP contribution >= 0.6 is 0 Å². The molecule has 1 aromatic rings. The van der Waals surface area contributed by atoms with E-state index in [9.17, 15) is 4.79 Å². The molecular weight excluding hydrogens is 166 g/mol. The minimum absolute atomic E-state index is 0.112. The maximum atomic E-state index is 10.4. The highest BCUT2D eigenvalue weighted by atomic mass is 16.4. The minimum atomic E-state index is -0.777. The summed E-state index contributed by atoms with van der Waals surface area (Å²) in [5.41, 5.74) is 2.05. The molecule has 0 bridgehead atoms. The number of carbonyl (C=O) groups is 1. The Hall–Kier alpha value is -1.25. The molecule has 0 atom stereocenters. The quantitative estimate of drug-likeness (QED) is 0.772. The van der Waals surface area contributed by atoms with Crippen LogP contribution in [0.4, 0.5) is 0 Å². The second-order valence-electron chi connectivity index (χ2n) is 3.61. The van der Waals surface area contributed by atoms with Gasteiger partial charge in [0.2, 0.25) is 0 Å². The van der Waals surface area contributed by atoms with E-state index in [-0.39, 0.29) is 6.42 Å². The predicted octanol–water partition coefficient (Wildman–Crippen LogP) is 1.78. The number of aliphatic carboxylic acids is 1. The molecule has 0 unspecified atom stereocenters. The van der Waals surface area contributed by atoms with E-state index in [0.717, 1.165) is 5.56 Å². The van der Waals surface area contributed by atoms with Crippen LogP contribution in [-0.4, -0.2) is 15.6 Å². The number of carboxylic acid groups (broad SMARTS) is 1. The largest absolute Gasteiger partial charge is 0.481 e. The van der Waals surface area contributed by atoms with Crippen LogP contribution in [-0.2, 0) is 18.3 Å². The molecule has 0 saturated carbocycles. The maximum Gasteiger partial charge on any atom is 0.307 e. The third kappa shape index (κ3) is 2.34. The van der Waals surface area contributed by atoms with Gasteiger partial charge in [0.15, 0.2) is 0 Å². The number of aryl methyl sites for hydroxylation is 1. The van der Waals surface area contributed by atoms with Gasteiger partial charge >= 0.3 is 5.97 Å². The first-order valence-corrected chi connectivity index (χ1v) is 4.37. The number of nitrogens with zero attached hydrogens (tertiary/aromatic N) is 1. The van der Waals surface area contributed by atoms with Gasteiger partial charge in [0, 0.05) is 18.9 Å². The van der Waals surface area contributed by atoms with Crippen molar-refractivity contribution in [2.75, 3.05) is 0 Å². The van der Waals surface area contributed by atoms with E-state index in [1.54, 1.807) is 0 Å². The first-order valence-electron chi connectivity index (χ1n) is 4.37. The zero-order valence-electron chi connectivity index (χ0n) is 8.24. The lowest BCUT2D eigenvalue weighted by Gasteiger charge is -2.04. The van der Waals surface area contributed by atoms with E-state index in [4.69, 9.17) is 5.11 Å². The van der Waals surface area contributed by atoms with E-state index in [0.29, 0.717) is 5.92 Å². The highest BCUT2D eigenvalue weighted by Gasteiger charge is 2.08. The van der Waals surface area contributed by atoms with Crippen LogP contribution in [0.3, 0.4) is 0 Å². The molecule has 0 amide bonds. The Morgan fingerprint density at radius 1 is 1.62 bits per heavy atom. The third-order valence-electron chi connectivity index (χ3n) is 2.05. The van der Waals surface area contributed by atoms with Crippen LogP contribution in [0.2, 0.25) is 0 Å². The molecule has 1 rings (SSSR count). The molecule has 1 heterocycles. The Labute approximate surface area is 78.0 Å². The standard InChI is InChI=1S/C10H15NO2/c1-7(2)9-4-8(5-10(12)13)6-11(9)3/h4,6-7H,5H2,1-3H3,(H,12,13). The van der Waals surface area contributed by atoms with Gasteiger partial charge in [-0.05, 0) is 17.5 Å². The monoisotopic (exact) mass is 181 g/mol. The van der Waals surface area contributed by atoms with Crippen molar-refractivity contribution in [1.29, 1.82) is 0 Å². The van der Waals surface area contributed by atoms with Crippen molar-refractivity contribution in [3.05, 3.63) is 23.5 Å². The Balaban J connectivity index is 2.88. The number of rotatable bonds is 3. The molecule has 3 nitrogen and oxygen atoms in total. The minimum Gasteiger partial charge on any atom is -0.481 e. The first kappa shape index (κ1) is 9.84. The Bertz CT molecular complexity index is 313. The van der Waals surface area contributed by atoms with E-state index >= 15 is 0 Å². The molecule has 3 heteroatoms. The summed E-state index contributed by atoms with van der Waals surface area (Å²) in [7, 11) is 1.95. The first-order chi connectivity index (χ1) is 6.00. The smallest absolute Gasteiger partial charge is 0.307 e. The predicted molar refractivity (Wildman–Crippen MR) is 50.8 cm³/mol. The molecule has 0 fully saturated rings. The molecule has 1 aromatic heterocycles. The summed E-state index contributed by atoms with van der Waals surface area (Å²) in [6.07, 6.45) is 1.99. The van der Waals surface area contributed by atoms with Crippen molar-refractivity contribution in [2.45, 2.75) is 26.2 Å². The van der Waals surface area contributed by atoms with Crippen molar-refractivity contribution in [3.63, 3.8) is 0 Å². The van der Waals surface area contributed by atoms with Gasteiger partial charge < -0.3 is 9.67 Å². The summed E-state index contributed by atoms with van der Waals surface area (Å²) in [5.74, 6) is -0.339. The van der Waals surface area contributed by atoms with Crippen LogP contribution in [0.25, 0.3) is 0 Å². The average molecular weight is 181 g/mol. The van der Waals surface area contributed by atoms with Gasteiger partial charge in [-0.1, -0.05) is 13.8 Å². The van der Waals surface area contributed by atoms with E-state index in [1.807, 2.05) is 23.9 Å². The van der Waals surface area contributed by atoms with Gasteiger partial charge in [0.05, 0.1) is 6.42 Å². The summed E-state index contributed by atoms with van der Waals surface area (Å²) in [6.45, 7) is 4.19. The molecule has 13 heavy (non-hydrogen) atoms. The van der Waals surface area contributed by atoms with Crippen molar-refractivity contribution in [1.82, 2.24) is 4.57 Å². The molecule has 0 spiro atoms. The fraction of sp³-hybridized carbons (Fsp3) is 0.500. The van der Waals surface area contributed by atoms with Crippen molar-refractivity contribution >= 4 is 5.97 Å². The van der Waals surface area contributed by atoms with Gasteiger partial charge in [-0.3, -0.25) is 4.79 Å². The Morgan fingerprint density at radius 2 is 2.23 bits per heavy atom. The average Bonchev–Trinajstić information content (AvgIpc) is 2.29. The van der Waals surface area contributed by atoms with Crippen molar-refractivity contribution in [3.8, 4) is 0 Å². The fourth-order valence-corrected chi connectivity index (χ4v) is 1.50. The molecule has 0 aliphatic rings. The lowest BCUT2D eigenvalue weighted by molar-refractivity contribution is -0.136. The van der Waals surface area contributed by atoms with E-state index in [2.05, 4.69) is 13.8 Å². The van der Waals surface area contributed by atoms with Gasteiger partial charge in [-0.25, -0.2) is 0 Å². The molecular formula is C10H15NO2. The molecule has 0 aliphatic heterocycles. The van der Waals surface area contributed by atoms with Gasteiger partial charge in [0.1, 0.15) is 0 Å². The van der Waals surface area contributed by atoms with Crippen LogP contribution in [0.5, 0.6) is 0 Å². The molecule has 0 saturated heterocycles. The fourth-order valence-electron chi connectivity index (χ4n) is 1.50. The third-order valence-corrected chi connectivity index (χ3v) is 2.05. The van der Waals surface area contributed by atoms with Crippen LogP contribution in [0, 0.1) is 0 Å². The highest BCUT2D eigenvalue weighted by Crippen LogP contribution is 2.17. The number of hydrogen-bond donors (Lipinski definition) is 1. The number of carboxylic acids is 1. The van der Waals surface area contributed by atoms with Gasteiger partial charge in [-0.2, -0.15) is 0 Å². The van der Waals surface area contributed by atoms with Crippen LogP contribution in [0.1, 0.15) is 31.0 Å². The second-order valence-corrected chi connectivity index (χ2v) is 3.61. The molecule has 0 aromatic carbocycles. The number of hydrogen-bond acceptors (Lipinski definition) is 1. The van der Waals surface area contributed by atoms with Crippen molar-refractivity contribution in [2.24, 2.45) is 7.05 Å². The Kier molecular flexibility index (Phi) is 2.76. The van der Waals surface area contributed by atoms with E-state index in [1.165, 1.54) is 5.69 Å². The normalized spacial score (nSPS) is 10.8. The van der Waals surface area contributed by atoms with Gasteiger partial charge in [0.25, 0.3) is 0 Å². The summed E-state index contributed by atoms with van der Waals surface area (Å²) in [4.78, 5) is 10.4.